The summed E-state index contributed by atoms with van der Waals surface area (Å²) in [6, 6.07) is 1.23. The predicted molar refractivity (Wildman–Crippen MR) is 80.1 cm³/mol. The van der Waals surface area contributed by atoms with Gasteiger partial charge in [-0.05, 0) is 34.8 Å². The van der Waals surface area contributed by atoms with Gasteiger partial charge in [-0.25, -0.2) is 4.98 Å². The van der Waals surface area contributed by atoms with Crippen molar-refractivity contribution in [2.75, 3.05) is 24.6 Å². The van der Waals surface area contributed by atoms with Crippen LogP contribution >= 0.6 is 15.9 Å². The van der Waals surface area contributed by atoms with Crippen LogP contribution in [0.5, 0.6) is 0 Å². The number of nitrogens with one attached hydrogen (secondary N) is 1. The van der Waals surface area contributed by atoms with E-state index < -0.39 is 17.8 Å². The summed E-state index contributed by atoms with van der Waals surface area (Å²) in [4.78, 5) is 17.7. The fourth-order valence-electron chi connectivity index (χ4n) is 2.34. The topological polar surface area (TPSA) is 54.5 Å². The van der Waals surface area contributed by atoms with Gasteiger partial charge in [0.1, 0.15) is 5.82 Å². The first kappa shape index (κ1) is 16.5. The molecule has 1 saturated heterocycles. The lowest BCUT2D eigenvalue weighted by atomic mass is 10.2. The summed E-state index contributed by atoms with van der Waals surface area (Å²) in [5, 5.41) is 2.87. The molecule has 3 rings (SSSR count). The average Bonchev–Trinajstić information content (AvgIpc) is 3.30. The number of nitrogens with zero attached hydrogens (tertiary/aromatic N) is 2. The van der Waals surface area contributed by atoms with Crippen molar-refractivity contribution in [1.29, 1.82) is 0 Å². The second-order valence-electron chi connectivity index (χ2n) is 5.62. The molecule has 126 valence electrons. The quantitative estimate of drug-likeness (QED) is 0.856. The third-order valence-corrected chi connectivity index (χ3v) is 4.31. The van der Waals surface area contributed by atoms with Gasteiger partial charge in [0, 0.05) is 18.8 Å². The SMILES string of the molecule is O=C(NC1CC1)C1CN(c2ncc(C(F)(F)F)cc2Br)CCO1. The molecular weight excluding hydrogens is 379 g/mol. The molecular formula is C14H15BrF3N3O2. The second-order valence-corrected chi connectivity index (χ2v) is 6.47. The van der Waals surface area contributed by atoms with Gasteiger partial charge in [0.2, 0.25) is 0 Å². The highest BCUT2D eigenvalue weighted by Crippen LogP contribution is 2.34. The predicted octanol–water partition coefficient (Wildman–Crippen LogP) is 2.35. The van der Waals surface area contributed by atoms with Crippen LogP contribution in [0.3, 0.4) is 0 Å². The van der Waals surface area contributed by atoms with Crippen LogP contribution < -0.4 is 10.2 Å². The molecule has 0 aromatic carbocycles. The molecule has 1 aromatic heterocycles. The van der Waals surface area contributed by atoms with Gasteiger partial charge >= 0.3 is 6.18 Å². The van der Waals surface area contributed by atoms with Crippen molar-refractivity contribution >= 4 is 27.7 Å². The lowest BCUT2D eigenvalue weighted by molar-refractivity contribution is -0.137. The van der Waals surface area contributed by atoms with E-state index in [1.165, 1.54) is 0 Å². The Morgan fingerprint density at radius 1 is 1.43 bits per heavy atom. The molecule has 1 N–H and O–H groups in total. The molecule has 0 spiro atoms. The third-order valence-electron chi connectivity index (χ3n) is 3.73. The number of carbonyl (C=O) groups is 1. The van der Waals surface area contributed by atoms with E-state index in [1.54, 1.807) is 4.90 Å². The molecule has 2 fully saturated rings. The first-order chi connectivity index (χ1) is 10.8. The van der Waals surface area contributed by atoms with Crippen LogP contribution in [0.4, 0.5) is 19.0 Å². The van der Waals surface area contributed by atoms with Gasteiger partial charge < -0.3 is 15.0 Å². The van der Waals surface area contributed by atoms with Gasteiger partial charge in [-0.1, -0.05) is 0 Å². The van der Waals surface area contributed by atoms with Crippen LogP contribution in [0.2, 0.25) is 0 Å². The van der Waals surface area contributed by atoms with E-state index in [-0.39, 0.29) is 23.0 Å². The molecule has 1 amide bonds. The standard InChI is InChI=1S/C14H15BrF3N3O2/c15-10-5-8(14(16,17)18)6-19-12(10)21-3-4-23-11(7-21)13(22)20-9-1-2-9/h5-6,9,11H,1-4,7H2,(H,20,22). The maximum atomic E-state index is 12.7. The van der Waals surface area contributed by atoms with Crippen molar-refractivity contribution in [3.05, 3.63) is 22.3 Å². The molecule has 1 atom stereocenters. The van der Waals surface area contributed by atoms with Crippen molar-refractivity contribution in [3.8, 4) is 0 Å². The normalized spacial score (nSPS) is 22.1. The number of ether oxygens (including phenoxy) is 1. The zero-order valence-electron chi connectivity index (χ0n) is 12.1. The molecule has 0 bridgehead atoms. The van der Waals surface area contributed by atoms with Gasteiger partial charge in [0.25, 0.3) is 5.91 Å². The molecule has 1 aliphatic carbocycles. The molecule has 1 aliphatic heterocycles. The maximum Gasteiger partial charge on any atom is 0.417 e. The second kappa shape index (κ2) is 6.27. The highest BCUT2D eigenvalue weighted by molar-refractivity contribution is 9.10. The van der Waals surface area contributed by atoms with Crippen molar-refractivity contribution in [1.82, 2.24) is 10.3 Å². The largest absolute Gasteiger partial charge is 0.417 e. The van der Waals surface area contributed by atoms with Crippen LogP contribution in [-0.4, -0.2) is 42.7 Å². The number of pyridine rings is 1. The number of rotatable bonds is 3. The highest BCUT2D eigenvalue weighted by atomic mass is 79.9. The number of amides is 1. The van der Waals surface area contributed by atoms with Crippen molar-refractivity contribution < 1.29 is 22.7 Å². The maximum absolute atomic E-state index is 12.7. The van der Waals surface area contributed by atoms with E-state index in [0.29, 0.717) is 19.0 Å². The van der Waals surface area contributed by atoms with Crippen LogP contribution in [0.1, 0.15) is 18.4 Å². The number of anilines is 1. The lowest BCUT2D eigenvalue weighted by Gasteiger charge is -2.33. The van der Waals surface area contributed by atoms with Gasteiger partial charge in [-0.2, -0.15) is 13.2 Å². The van der Waals surface area contributed by atoms with Crippen LogP contribution in [-0.2, 0) is 15.7 Å². The lowest BCUT2D eigenvalue weighted by Crippen LogP contribution is -2.50. The zero-order chi connectivity index (χ0) is 16.6. The number of carbonyl (C=O) groups excluding carboxylic acids is 1. The van der Waals surface area contributed by atoms with E-state index >= 15 is 0 Å². The van der Waals surface area contributed by atoms with Gasteiger partial charge in [0.15, 0.2) is 6.10 Å². The molecule has 9 heteroatoms. The molecule has 23 heavy (non-hydrogen) atoms. The summed E-state index contributed by atoms with van der Waals surface area (Å²) in [5.41, 5.74) is -0.815. The first-order valence-corrected chi connectivity index (χ1v) is 8.03. The monoisotopic (exact) mass is 393 g/mol. The summed E-state index contributed by atoms with van der Waals surface area (Å²) in [6.07, 6.45) is -2.32. The van der Waals surface area contributed by atoms with Crippen LogP contribution in [0.15, 0.2) is 16.7 Å². The number of hydrogen-bond donors (Lipinski definition) is 1. The minimum atomic E-state index is -4.44. The Bertz CT molecular complexity index is 607. The van der Waals surface area contributed by atoms with E-state index in [4.69, 9.17) is 4.74 Å². The molecule has 2 heterocycles. The van der Waals surface area contributed by atoms with E-state index in [0.717, 1.165) is 25.1 Å². The van der Waals surface area contributed by atoms with Crippen molar-refractivity contribution in [3.63, 3.8) is 0 Å². The summed E-state index contributed by atoms with van der Waals surface area (Å²) in [6.45, 7) is 1.04. The minimum absolute atomic E-state index is 0.180. The molecule has 1 saturated carbocycles. The van der Waals surface area contributed by atoms with Crippen molar-refractivity contribution in [2.24, 2.45) is 0 Å². The van der Waals surface area contributed by atoms with Gasteiger partial charge in [-0.3, -0.25) is 4.79 Å². The number of alkyl halides is 3. The van der Waals surface area contributed by atoms with E-state index in [9.17, 15) is 18.0 Å². The van der Waals surface area contributed by atoms with Crippen molar-refractivity contribution in [2.45, 2.75) is 31.2 Å². The fourth-order valence-corrected chi connectivity index (χ4v) is 2.94. The highest BCUT2D eigenvalue weighted by Gasteiger charge is 2.34. The molecule has 0 radical (unpaired) electrons. The summed E-state index contributed by atoms with van der Waals surface area (Å²) >= 11 is 3.14. The Balaban J connectivity index is 1.71. The molecule has 2 aliphatic rings. The van der Waals surface area contributed by atoms with Gasteiger partial charge in [-0.15, -0.1) is 0 Å². The molecule has 5 nitrogen and oxygen atoms in total. The Morgan fingerprint density at radius 3 is 2.78 bits per heavy atom. The summed E-state index contributed by atoms with van der Waals surface area (Å²) < 4.78 is 43.8. The Hall–Kier alpha value is -1.35. The van der Waals surface area contributed by atoms with Gasteiger partial charge in [0.05, 0.1) is 23.2 Å². The minimum Gasteiger partial charge on any atom is -0.365 e. The van der Waals surface area contributed by atoms with E-state index in [2.05, 4.69) is 26.2 Å². The Morgan fingerprint density at radius 2 is 2.17 bits per heavy atom. The summed E-state index contributed by atoms with van der Waals surface area (Å²) in [5.74, 6) is 0.200. The number of halogens is 4. The number of aromatic nitrogens is 1. The fraction of sp³-hybridized carbons (Fsp3) is 0.571. The van der Waals surface area contributed by atoms with Crippen LogP contribution in [0, 0.1) is 0 Å². The average molecular weight is 394 g/mol. The first-order valence-electron chi connectivity index (χ1n) is 7.24. The smallest absolute Gasteiger partial charge is 0.365 e. The number of hydrogen-bond acceptors (Lipinski definition) is 4. The van der Waals surface area contributed by atoms with E-state index in [1.807, 2.05) is 0 Å². The zero-order valence-corrected chi connectivity index (χ0v) is 13.7. The Kier molecular flexibility index (Phi) is 4.50. The Labute approximate surface area is 139 Å². The molecule has 1 aromatic rings. The van der Waals surface area contributed by atoms with Crippen LogP contribution in [0.25, 0.3) is 0 Å². The summed E-state index contributed by atoms with van der Waals surface area (Å²) in [7, 11) is 0. The molecule has 1 unspecified atom stereocenters. The number of morpholine rings is 1. The third kappa shape index (κ3) is 3.95.